The van der Waals surface area contributed by atoms with Gasteiger partial charge in [0.1, 0.15) is 5.82 Å². The van der Waals surface area contributed by atoms with Gasteiger partial charge in [0.15, 0.2) is 0 Å². The van der Waals surface area contributed by atoms with Crippen LogP contribution in [0, 0.1) is 0 Å². The van der Waals surface area contributed by atoms with Gasteiger partial charge in [0.25, 0.3) is 0 Å². The lowest BCUT2D eigenvalue weighted by Crippen LogP contribution is -1.94. The smallest absolute Gasteiger partial charge is 0.123 e. The van der Waals surface area contributed by atoms with Gasteiger partial charge in [0.05, 0.1) is 0 Å². The lowest BCUT2D eigenvalue weighted by atomic mass is 10.1. The zero-order valence-corrected chi connectivity index (χ0v) is 8.56. The molecule has 0 amide bonds. The van der Waals surface area contributed by atoms with Gasteiger partial charge in [-0.3, -0.25) is 0 Å². The summed E-state index contributed by atoms with van der Waals surface area (Å²) in [7, 11) is 0. The number of hydrogen-bond acceptors (Lipinski definition) is 2. The minimum absolute atomic E-state index is 0.582. The molecular formula is C13H14N2. The quantitative estimate of drug-likeness (QED) is 0.822. The largest absolute Gasteiger partial charge is 0.384 e. The molecule has 0 aliphatic carbocycles. The van der Waals surface area contributed by atoms with Gasteiger partial charge in [0.2, 0.25) is 0 Å². The Labute approximate surface area is 89.8 Å². The molecule has 0 radical (unpaired) electrons. The summed E-state index contributed by atoms with van der Waals surface area (Å²) in [5, 5.41) is 0. The molecule has 0 saturated heterocycles. The number of rotatable bonds is 3. The summed E-state index contributed by atoms with van der Waals surface area (Å²) in [5.41, 5.74) is 8.11. The van der Waals surface area contributed by atoms with Crippen molar-refractivity contribution in [2.75, 3.05) is 5.73 Å². The van der Waals surface area contributed by atoms with Gasteiger partial charge in [-0.15, -0.1) is 0 Å². The molecule has 1 aromatic carbocycles. The summed E-state index contributed by atoms with van der Waals surface area (Å²) in [6, 6.07) is 14.3. The first kappa shape index (κ1) is 9.71. The SMILES string of the molecule is Nc1ccc(CCc2ccccc2)cn1. The molecule has 15 heavy (non-hydrogen) atoms. The van der Waals surface area contributed by atoms with Crippen molar-refractivity contribution in [3.05, 3.63) is 59.8 Å². The van der Waals surface area contributed by atoms with Crippen molar-refractivity contribution in [1.29, 1.82) is 0 Å². The fraction of sp³-hybridized carbons (Fsp3) is 0.154. The van der Waals surface area contributed by atoms with E-state index in [-0.39, 0.29) is 0 Å². The highest BCUT2D eigenvalue weighted by molar-refractivity contribution is 5.29. The third kappa shape index (κ3) is 2.81. The standard InChI is InChI=1S/C13H14N2/c14-13-9-8-12(10-15-13)7-6-11-4-2-1-3-5-11/h1-5,8-10H,6-7H2,(H2,14,15). The molecule has 2 N–H and O–H groups in total. The number of hydrogen-bond donors (Lipinski definition) is 1. The van der Waals surface area contributed by atoms with Crippen LogP contribution < -0.4 is 5.73 Å². The van der Waals surface area contributed by atoms with Crippen LogP contribution in [0.4, 0.5) is 5.82 Å². The maximum Gasteiger partial charge on any atom is 0.123 e. The molecule has 0 unspecified atom stereocenters. The Bertz CT molecular complexity index is 406. The highest BCUT2D eigenvalue weighted by Crippen LogP contribution is 2.07. The molecule has 2 nitrogen and oxygen atoms in total. The first-order valence-electron chi connectivity index (χ1n) is 5.09. The molecule has 0 atom stereocenters. The topological polar surface area (TPSA) is 38.9 Å². The molecule has 0 bridgehead atoms. The molecule has 0 fully saturated rings. The van der Waals surface area contributed by atoms with Crippen molar-refractivity contribution in [2.24, 2.45) is 0 Å². The lowest BCUT2D eigenvalue weighted by molar-refractivity contribution is 0.951. The average Bonchev–Trinajstić information content (AvgIpc) is 2.30. The van der Waals surface area contributed by atoms with Crippen LogP contribution in [-0.4, -0.2) is 4.98 Å². The van der Waals surface area contributed by atoms with Crippen molar-refractivity contribution in [2.45, 2.75) is 12.8 Å². The number of anilines is 1. The number of benzene rings is 1. The maximum absolute atomic E-state index is 5.52. The number of pyridine rings is 1. The predicted molar refractivity (Wildman–Crippen MR) is 62.5 cm³/mol. The molecule has 76 valence electrons. The second-order valence-electron chi connectivity index (χ2n) is 3.58. The highest BCUT2D eigenvalue weighted by Gasteiger charge is 1.95. The van der Waals surface area contributed by atoms with E-state index in [1.54, 1.807) is 0 Å². The van der Waals surface area contributed by atoms with Crippen molar-refractivity contribution in [3.63, 3.8) is 0 Å². The van der Waals surface area contributed by atoms with Crippen LogP contribution in [0.3, 0.4) is 0 Å². The first-order valence-corrected chi connectivity index (χ1v) is 5.09. The summed E-state index contributed by atoms with van der Waals surface area (Å²) in [5.74, 6) is 0.582. The van der Waals surface area contributed by atoms with Crippen molar-refractivity contribution in [1.82, 2.24) is 4.98 Å². The predicted octanol–water partition coefficient (Wildman–Crippen LogP) is 2.45. The molecule has 1 heterocycles. The monoisotopic (exact) mass is 198 g/mol. The van der Waals surface area contributed by atoms with E-state index in [1.807, 2.05) is 24.4 Å². The zero-order valence-electron chi connectivity index (χ0n) is 8.56. The summed E-state index contributed by atoms with van der Waals surface area (Å²) >= 11 is 0. The van der Waals surface area contributed by atoms with Crippen molar-refractivity contribution in [3.8, 4) is 0 Å². The number of aryl methyl sites for hydroxylation is 2. The van der Waals surface area contributed by atoms with E-state index in [9.17, 15) is 0 Å². The summed E-state index contributed by atoms with van der Waals surface area (Å²) in [6.07, 6.45) is 3.90. The molecule has 2 heteroatoms. The van der Waals surface area contributed by atoms with E-state index in [1.165, 1.54) is 11.1 Å². The van der Waals surface area contributed by atoms with Gasteiger partial charge >= 0.3 is 0 Å². The van der Waals surface area contributed by atoms with Crippen LogP contribution in [0.5, 0.6) is 0 Å². The van der Waals surface area contributed by atoms with E-state index in [0.29, 0.717) is 5.82 Å². The molecular weight excluding hydrogens is 184 g/mol. The summed E-state index contributed by atoms with van der Waals surface area (Å²) in [4.78, 5) is 4.07. The minimum Gasteiger partial charge on any atom is -0.384 e. The molecule has 0 saturated carbocycles. The van der Waals surface area contributed by atoms with E-state index in [4.69, 9.17) is 5.73 Å². The van der Waals surface area contributed by atoms with Gasteiger partial charge < -0.3 is 5.73 Å². The highest BCUT2D eigenvalue weighted by atomic mass is 14.8. The number of nitrogens with two attached hydrogens (primary N) is 1. The van der Waals surface area contributed by atoms with E-state index in [0.717, 1.165) is 12.8 Å². The Morgan fingerprint density at radius 1 is 0.867 bits per heavy atom. The molecule has 0 spiro atoms. The van der Waals surface area contributed by atoms with Crippen LogP contribution in [0.15, 0.2) is 48.7 Å². The number of nitrogens with zero attached hydrogens (tertiary/aromatic N) is 1. The fourth-order valence-electron chi connectivity index (χ4n) is 1.52. The summed E-state index contributed by atoms with van der Waals surface area (Å²) < 4.78 is 0. The number of nitrogen functional groups attached to an aromatic ring is 1. The third-order valence-electron chi connectivity index (χ3n) is 2.39. The maximum atomic E-state index is 5.52. The van der Waals surface area contributed by atoms with Crippen LogP contribution in [-0.2, 0) is 12.8 Å². The van der Waals surface area contributed by atoms with Gasteiger partial charge in [-0.05, 0) is 30.0 Å². The van der Waals surface area contributed by atoms with Crippen LogP contribution in [0.1, 0.15) is 11.1 Å². The summed E-state index contributed by atoms with van der Waals surface area (Å²) in [6.45, 7) is 0. The number of aromatic nitrogens is 1. The van der Waals surface area contributed by atoms with E-state index < -0.39 is 0 Å². The van der Waals surface area contributed by atoms with Gasteiger partial charge in [0, 0.05) is 6.20 Å². The average molecular weight is 198 g/mol. The molecule has 2 aromatic rings. The second kappa shape index (κ2) is 4.60. The van der Waals surface area contributed by atoms with E-state index >= 15 is 0 Å². The fourth-order valence-corrected chi connectivity index (χ4v) is 1.52. The Morgan fingerprint density at radius 3 is 2.27 bits per heavy atom. The van der Waals surface area contributed by atoms with Gasteiger partial charge in [-0.2, -0.15) is 0 Å². The zero-order chi connectivity index (χ0) is 10.5. The third-order valence-corrected chi connectivity index (χ3v) is 2.39. The molecule has 1 aromatic heterocycles. The van der Waals surface area contributed by atoms with Crippen LogP contribution in [0.25, 0.3) is 0 Å². The van der Waals surface area contributed by atoms with Gasteiger partial charge in [-0.1, -0.05) is 36.4 Å². The second-order valence-corrected chi connectivity index (χ2v) is 3.58. The first-order chi connectivity index (χ1) is 7.34. The van der Waals surface area contributed by atoms with Crippen LogP contribution in [0.2, 0.25) is 0 Å². The normalized spacial score (nSPS) is 10.1. The Kier molecular flexibility index (Phi) is 2.98. The molecule has 2 rings (SSSR count). The van der Waals surface area contributed by atoms with Crippen molar-refractivity contribution >= 4 is 5.82 Å². The Hall–Kier alpha value is -1.83. The van der Waals surface area contributed by atoms with E-state index in [2.05, 4.69) is 29.2 Å². The van der Waals surface area contributed by atoms with Crippen LogP contribution >= 0.6 is 0 Å². The molecule has 0 aliphatic rings. The lowest BCUT2D eigenvalue weighted by Gasteiger charge is -2.01. The Morgan fingerprint density at radius 2 is 1.60 bits per heavy atom. The Balaban J connectivity index is 1.96. The molecule has 0 aliphatic heterocycles. The van der Waals surface area contributed by atoms with Gasteiger partial charge in [-0.25, -0.2) is 4.98 Å². The van der Waals surface area contributed by atoms with Crippen molar-refractivity contribution < 1.29 is 0 Å². The minimum atomic E-state index is 0.582.